The van der Waals surface area contributed by atoms with Crippen molar-refractivity contribution in [1.29, 1.82) is 0 Å². The molecule has 1 heterocycles. The summed E-state index contributed by atoms with van der Waals surface area (Å²) >= 11 is 0. The van der Waals surface area contributed by atoms with Crippen molar-refractivity contribution < 1.29 is 27.8 Å². The molecule has 1 aromatic carbocycles. The summed E-state index contributed by atoms with van der Waals surface area (Å²) in [6, 6.07) is 4.63. The zero-order valence-corrected chi connectivity index (χ0v) is 11.5. The number of carbonyl (C=O) groups is 1. The van der Waals surface area contributed by atoms with Crippen LogP contribution >= 0.6 is 0 Å². The van der Waals surface area contributed by atoms with Gasteiger partial charge in [-0.2, -0.15) is 13.2 Å². The highest BCUT2D eigenvalue weighted by molar-refractivity contribution is 5.95. The fraction of sp³-hybridized carbons (Fsp3) is 0.500. The second-order valence-electron chi connectivity index (χ2n) is 5.24. The highest BCUT2D eigenvalue weighted by atomic mass is 19.4. The van der Waals surface area contributed by atoms with Crippen LogP contribution in [-0.4, -0.2) is 36.4 Å². The number of hydrogen-bond donors (Lipinski definition) is 1. The Morgan fingerprint density at radius 3 is 2.76 bits per heavy atom. The summed E-state index contributed by atoms with van der Waals surface area (Å²) in [6.45, 7) is 1.48. The fourth-order valence-electron chi connectivity index (χ4n) is 2.26. The van der Waals surface area contributed by atoms with Crippen molar-refractivity contribution in [3.63, 3.8) is 0 Å². The molecule has 1 N–H and O–H groups in total. The number of halogens is 3. The number of carbonyl (C=O) groups excluding carboxylic acids is 1. The molecule has 4 nitrogen and oxygen atoms in total. The number of alkyl halides is 3. The van der Waals surface area contributed by atoms with Crippen LogP contribution < -0.4 is 4.90 Å². The van der Waals surface area contributed by atoms with Gasteiger partial charge in [0.1, 0.15) is 6.61 Å². The van der Waals surface area contributed by atoms with Crippen molar-refractivity contribution in [2.24, 2.45) is 0 Å². The molecule has 1 unspecified atom stereocenters. The third kappa shape index (κ3) is 3.54. The molecule has 1 saturated heterocycles. The first-order chi connectivity index (χ1) is 9.75. The van der Waals surface area contributed by atoms with E-state index in [1.54, 1.807) is 6.92 Å². The molecule has 1 aliphatic heterocycles. The van der Waals surface area contributed by atoms with Gasteiger partial charge in [-0.15, -0.1) is 0 Å². The number of benzene rings is 1. The van der Waals surface area contributed by atoms with Crippen LogP contribution in [0.5, 0.6) is 0 Å². The zero-order chi connectivity index (χ0) is 15.7. The van der Waals surface area contributed by atoms with E-state index in [1.807, 2.05) is 0 Å². The zero-order valence-electron chi connectivity index (χ0n) is 11.5. The van der Waals surface area contributed by atoms with Crippen molar-refractivity contribution in [3.05, 3.63) is 29.8 Å². The van der Waals surface area contributed by atoms with Crippen LogP contribution in [-0.2, 0) is 15.7 Å². The Morgan fingerprint density at radius 2 is 2.14 bits per heavy atom. The molecule has 0 aliphatic carbocycles. The van der Waals surface area contributed by atoms with Gasteiger partial charge in [-0.25, -0.2) is 0 Å². The van der Waals surface area contributed by atoms with Gasteiger partial charge in [0.25, 0.3) is 5.91 Å². The van der Waals surface area contributed by atoms with Gasteiger partial charge in [-0.05, 0) is 25.1 Å². The van der Waals surface area contributed by atoms with Gasteiger partial charge >= 0.3 is 6.18 Å². The Bertz CT molecular complexity index is 532. The molecular formula is C14H16F3NO3. The molecule has 2 rings (SSSR count). The average molecular weight is 303 g/mol. The lowest BCUT2D eigenvalue weighted by Gasteiger charge is -2.40. The minimum absolute atomic E-state index is 0.105. The van der Waals surface area contributed by atoms with Crippen molar-refractivity contribution in [2.75, 3.05) is 24.7 Å². The highest BCUT2D eigenvalue weighted by Crippen LogP contribution is 2.33. The van der Waals surface area contributed by atoms with Crippen LogP contribution in [0.4, 0.5) is 18.9 Å². The minimum atomic E-state index is -4.46. The van der Waals surface area contributed by atoms with Gasteiger partial charge in [0, 0.05) is 18.7 Å². The van der Waals surface area contributed by atoms with Crippen LogP contribution in [0.2, 0.25) is 0 Å². The van der Waals surface area contributed by atoms with Crippen LogP contribution in [0.1, 0.15) is 18.9 Å². The Labute approximate surface area is 120 Å². The van der Waals surface area contributed by atoms with Crippen LogP contribution in [0, 0.1) is 0 Å². The predicted octanol–water partition coefficient (Wildman–Crippen LogP) is 2.21. The molecule has 7 heteroatoms. The van der Waals surface area contributed by atoms with E-state index in [1.165, 1.54) is 17.0 Å². The molecule has 21 heavy (non-hydrogen) atoms. The van der Waals surface area contributed by atoms with Crippen LogP contribution in [0.15, 0.2) is 24.3 Å². The van der Waals surface area contributed by atoms with E-state index in [9.17, 15) is 18.0 Å². The first-order valence-corrected chi connectivity index (χ1v) is 6.48. The van der Waals surface area contributed by atoms with E-state index in [4.69, 9.17) is 9.84 Å². The molecule has 0 saturated carbocycles. The largest absolute Gasteiger partial charge is 0.416 e. The van der Waals surface area contributed by atoms with Crippen LogP contribution in [0.3, 0.4) is 0 Å². The van der Waals surface area contributed by atoms with E-state index in [2.05, 4.69) is 0 Å². The number of rotatable bonds is 3. The second-order valence-corrected chi connectivity index (χ2v) is 5.24. The summed E-state index contributed by atoms with van der Waals surface area (Å²) in [5.41, 5.74) is -1.39. The summed E-state index contributed by atoms with van der Waals surface area (Å²) in [6.07, 6.45) is -4.16. The molecule has 1 fully saturated rings. The number of aliphatic hydroxyl groups excluding tert-OH is 1. The number of aliphatic hydroxyl groups is 1. The summed E-state index contributed by atoms with van der Waals surface area (Å²) in [5.74, 6) is -0.398. The Hall–Kier alpha value is -1.60. The quantitative estimate of drug-likeness (QED) is 0.931. The monoisotopic (exact) mass is 303 g/mol. The number of ether oxygens (including phenoxy) is 1. The molecule has 0 aromatic heterocycles. The maximum Gasteiger partial charge on any atom is 0.416 e. The SMILES string of the molecule is CC1(CCO)CN(c2cccc(C(F)(F)F)c2)C(=O)CO1. The molecule has 0 bridgehead atoms. The van der Waals surface area contributed by atoms with Crippen LogP contribution in [0.25, 0.3) is 0 Å². The first-order valence-electron chi connectivity index (χ1n) is 6.48. The molecule has 1 aliphatic rings. The van der Waals surface area contributed by atoms with Gasteiger partial charge in [0.2, 0.25) is 0 Å². The average Bonchev–Trinajstić information content (AvgIpc) is 2.41. The number of morpholine rings is 1. The maximum absolute atomic E-state index is 12.7. The molecule has 0 radical (unpaired) electrons. The summed E-state index contributed by atoms with van der Waals surface area (Å²) < 4.78 is 43.6. The predicted molar refractivity (Wildman–Crippen MR) is 69.9 cm³/mol. The van der Waals surface area contributed by atoms with Crippen molar-refractivity contribution >= 4 is 11.6 Å². The third-order valence-corrected chi connectivity index (χ3v) is 3.46. The second kappa shape index (κ2) is 5.65. The third-order valence-electron chi connectivity index (χ3n) is 3.46. The Morgan fingerprint density at radius 1 is 1.43 bits per heavy atom. The summed E-state index contributed by atoms with van der Waals surface area (Å²) in [7, 11) is 0. The van der Waals surface area contributed by atoms with Gasteiger partial charge in [0.15, 0.2) is 0 Å². The Kier molecular flexibility index (Phi) is 4.25. The van der Waals surface area contributed by atoms with Crippen molar-refractivity contribution in [1.82, 2.24) is 0 Å². The molecular weight excluding hydrogens is 287 g/mol. The minimum Gasteiger partial charge on any atom is -0.396 e. The maximum atomic E-state index is 12.7. The normalized spacial score (nSPS) is 23.5. The fourth-order valence-corrected chi connectivity index (χ4v) is 2.26. The number of hydrogen-bond acceptors (Lipinski definition) is 3. The lowest BCUT2D eigenvalue weighted by molar-refractivity contribution is -0.139. The summed E-state index contributed by atoms with van der Waals surface area (Å²) in [5, 5.41) is 9.03. The van der Waals surface area contributed by atoms with Gasteiger partial charge in [-0.3, -0.25) is 4.79 Å². The topological polar surface area (TPSA) is 49.8 Å². The lowest BCUT2D eigenvalue weighted by atomic mass is 9.99. The van der Waals surface area contributed by atoms with Crippen molar-refractivity contribution in [3.8, 4) is 0 Å². The summed E-state index contributed by atoms with van der Waals surface area (Å²) in [4.78, 5) is 13.2. The molecule has 1 atom stereocenters. The van der Waals surface area contributed by atoms with Gasteiger partial charge < -0.3 is 14.7 Å². The van der Waals surface area contributed by atoms with Gasteiger partial charge in [-0.1, -0.05) is 6.07 Å². The first kappa shape index (κ1) is 15.8. The molecule has 1 aromatic rings. The van der Waals surface area contributed by atoms with E-state index in [-0.39, 0.29) is 25.4 Å². The van der Waals surface area contributed by atoms with Crippen molar-refractivity contribution in [2.45, 2.75) is 25.1 Å². The number of amides is 1. The Balaban J connectivity index is 2.29. The standard InChI is InChI=1S/C14H16F3NO3/c1-13(5-6-19)9-18(12(20)8-21-13)11-4-2-3-10(7-11)14(15,16)17/h2-4,7,19H,5-6,8-9H2,1H3. The smallest absolute Gasteiger partial charge is 0.396 e. The van der Waals surface area contributed by atoms with E-state index < -0.39 is 23.2 Å². The van der Waals surface area contributed by atoms with E-state index in [0.717, 1.165) is 12.1 Å². The van der Waals surface area contributed by atoms with E-state index >= 15 is 0 Å². The number of anilines is 1. The van der Waals surface area contributed by atoms with E-state index in [0.29, 0.717) is 6.42 Å². The lowest BCUT2D eigenvalue weighted by Crippen LogP contribution is -2.53. The highest BCUT2D eigenvalue weighted by Gasteiger charge is 2.37. The molecule has 0 spiro atoms. The molecule has 116 valence electrons. The number of nitrogens with zero attached hydrogens (tertiary/aromatic N) is 1. The molecule has 1 amide bonds. The van der Waals surface area contributed by atoms with Gasteiger partial charge in [0.05, 0.1) is 17.7 Å².